The first-order chi connectivity index (χ1) is 9.20. The third-order valence-corrected chi connectivity index (χ3v) is 5.47. The van der Waals surface area contributed by atoms with Crippen LogP contribution in [0.25, 0.3) is 0 Å². The van der Waals surface area contributed by atoms with Crippen molar-refractivity contribution in [2.45, 2.75) is 64.9 Å². The van der Waals surface area contributed by atoms with E-state index in [0.29, 0.717) is 6.10 Å². The molecule has 2 rings (SSSR count). The Labute approximate surface area is 119 Å². The van der Waals surface area contributed by atoms with E-state index in [1.54, 1.807) is 0 Å². The molecule has 2 heteroatoms. The molecule has 1 aliphatic carbocycles. The average Bonchev–Trinajstić information content (AvgIpc) is 2.90. The predicted molar refractivity (Wildman–Crippen MR) is 81.3 cm³/mol. The van der Waals surface area contributed by atoms with Gasteiger partial charge in [-0.25, -0.2) is 0 Å². The van der Waals surface area contributed by atoms with Crippen molar-refractivity contribution in [3.63, 3.8) is 0 Å². The summed E-state index contributed by atoms with van der Waals surface area (Å²) in [5.41, 5.74) is 0. The molecule has 4 atom stereocenters. The van der Waals surface area contributed by atoms with E-state index in [4.69, 9.17) is 4.74 Å². The van der Waals surface area contributed by atoms with E-state index >= 15 is 0 Å². The van der Waals surface area contributed by atoms with Gasteiger partial charge < -0.3 is 10.1 Å². The Bertz CT molecular complexity index is 248. The molecule has 1 saturated heterocycles. The first-order valence-electron chi connectivity index (χ1n) is 8.47. The van der Waals surface area contributed by atoms with Crippen molar-refractivity contribution in [2.75, 3.05) is 20.2 Å². The van der Waals surface area contributed by atoms with Crippen LogP contribution in [0.5, 0.6) is 0 Å². The van der Waals surface area contributed by atoms with Gasteiger partial charge in [-0.1, -0.05) is 13.8 Å². The van der Waals surface area contributed by atoms with Crippen LogP contribution in [-0.2, 0) is 4.74 Å². The number of nitrogens with one attached hydrogen (secondary N) is 1. The lowest BCUT2D eigenvalue weighted by molar-refractivity contribution is 0.0799. The van der Waals surface area contributed by atoms with Gasteiger partial charge in [0.2, 0.25) is 0 Å². The third-order valence-electron chi connectivity index (χ3n) is 5.47. The minimum absolute atomic E-state index is 0.578. The Morgan fingerprint density at radius 1 is 1.11 bits per heavy atom. The third kappa shape index (κ3) is 4.46. The smallest absolute Gasteiger partial charge is 0.0576 e. The molecule has 1 heterocycles. The Morgan fingerprint density at radius 2 is 1.95 bits per heavy atom. The van der Waals surface area contributed by atoms with E-state index in [-0.39, 0.29) is 0 Å². The van der Waals surface area contributed by atoms with Crippen molar-refractivity contribution in [2.24, 2.45) is 23.7 Å². The summed E-state index contributed by atoms with van der Waals surface area (Å²) in [5, 5.41) is 3.41. The van der Waals surface area contributed by atoms with Crippen LogP contribution in [-0.4, -0.2) is 26.3 Å². The first kappa shape index (κ1) is 15.3. The molecule has 1 saturated carbocycles. The number of hydrogen-bond acceptors (Lipinski definition) is 2. The lowest BCUT2D eigenvalue weighted by atomic mass is 9.69. The summed E-state index contributed by atoms with van der Waals surface area (Å²) >= 11 is 0. The van der Waals surface area contributed by atoms with Crippen LogP contribution in [0.15, 0.2) is 0 Å². The van der Waals surface area contributed by atoms with Crippen LogP contribution >= 0.6 is 0 Å². The summed E-state index contributed by atoms with van der Waals surface area (Å²) < 4.78 is 5.80. The van der Waals surface area contributed by atoms with Gasteiger partial charge in [0, 0.05) is 6.61 Å². The van der Waals surface area contributed by atoms with Gasteiger partial charge in [-0.05, 0) is 82.2 Å². The molecule has 1 aliphatic heterocycles. The van der Waals surface area contributed by atoms with E-state index in [1.807, 2.05) is 0 Å². The molecule has 0 amide bonds. The molecule has 2 nitrogen and oxygen atoms in total. The maximum absolute atomic E-state index is 5.80. The van der Waals surface area contributed by atoms with Crippen LogP contribution in [0.4, 0.5) is 0 Å². The average molecular weight is 267 g/mol. The Balaban J connectivity index is 1.83. The summed E-state index contributed by atoms with van der Waals surface area (Å²) in [6, 6.07) is 0. The number of hydrogen-bond donors (Lipinski definition) is 1. The summed E-state index contributed by atoms with van der Waals surface area (Å²) in [5.74, 6) is 3.66. The Hall–Kier alpha value is -0.0800. The molecular weight excluding hydrogens is 234 g/mol. The quantitative estimate of drug-likeness (QED) is 0.789. The van der Waals surface area contributed by atoms with Crippen LogP contribution in [0.1, 0.15) is 58.8 Å². The van der Waals surface area contributed by atoms with Gasteiger partial charge in [0.1, 0.15) is 0 Å². The van der Waals surface area contributed by atoms with Crippen molar-refractivity contribution < 1.29 is 4.74 Å². The van der Waals surface area contributed by atoms with Crippen molar-refractivity contribution in [1.29, 1.82) is 0 Å². The zero-order valence-corrected chi connectivity index (χ0v) is 13.2. The van der Waals surface area contributed by atoms with Crippen molar-refractivity contribution >= 4 is 0 Å². The van der Waals surface area contributed by atoms with Gasteiger partial charge in [0.15, 0.2) is 0 Å². The molecule has 19 heavy (non-hydrogen) atoms. The highest BCUT2D eigenvalue weighted by atomic mass is 16.5. The molecule has 2 aliphatic rings. The largest absolute Gasteiger partial charge is 0.378 e. The Kier molecular flexibility index (Phi) is 6.15. The SMILES string of the molecule is CNCC1CCC(C(C)C)CC1CCC1CCCO1. The highest BCUT2D eigenvalue weighted by Crippen LogP contribution is 2.40. The van der Waals surface area contributed by atoms with Crippen molar-refractivity contribution in [3.05, 3.63) is 0 Å². The monoisotopic (exact) mass is 267 g/mol. The molecule has 0 radical (unpaired) electrons. The lowest BCUT2D eigenvalue weighted by Crippen LogP contribution is -2.33. The van der Waals surface area contributed by atoms with Gasteiger partial charge in [-0.3, -0.25) is 0 Å². The van der Waals surface area contributed by atoms with Crippen molar-refractivity contribution in [3.8, 4) is 0 Å². The fraction of sp³-hybridized carbons (Fsp3) is 1.00. The van der Waals surface area contributed by atoms with E-state index in [2.05, 4.69) is 26.2 Å². The minimum atomic E-state index is 0.578. The molecule has 0 aromatic carbocycles. The molecule has 112 valence electrons. The standard InChI is InChI=1S/C17H33NO/c1-13(2)14-6-7-16(12-18-3)15(11-14)8-9-17-5-4-10-19-17/h13-18H,4-12H2,1-3H3. The second-order valence-corrected chi connectivity index (χ2v) is 7.11. The second-order valence-electron chi connectivity index (χ2n) is 7.11. The molecule has 1 N–H and O–H groups in total. The summed E-state index contributed by atoms with van der Waals surface area (Å²) in [7, 11) is 2.10. The predicted octanol–water partition coefficient (Wildman–Crippen LogP) is 3.85. The molecule has 2 fully saturated rings. The van der Waals surface area contributed by atoms with Crippen LogP contribution in [0.2, 0.25) is 0 Å². The number of ether oxygens (including phenoxy) is 1. The summed E-state index contributed by atoms with van der Waals surface area (Å²) in [6.45, 7) is 7.02. The molecule has 0 bridgehead atoms. The van der Waals surface area contributed by atoms with Crippen LogP contribution in [0.3, 0.4) is 0 Å². The maximum atomic E-state index is 5.80. The van der Waals surface area contributed by atoms with Gasteiger partial charge in [-0.2, -0.15) is 0 Å². The highest BCUT2D eigenvalue weighted by Gasteiger charge is 2.31. The van der Waals surface area contributed by atoms with Gasteiger partial charge >= 0.3 is 0 Å². The first-order valence-corrected chi connectivity index (χ1v) is 8.47. The van der Waals surface area contributed by atoms with E-state index in [0.717, 1.165) is 30.3 Å². The van der Waals surface area contributed by atoms with Gasteiger partial charge in [0.05, 0.1) is 6.10 Å². The molecule has 4 unspecified atom stereocenters. The summed E-state index contributed by atoms with van der Waals surface area (Å²) in [4.78, 5) is 0. The number of rotatable bonds is 6. The van der Waals surface area contributed by atoms with Crippen LogP contribution < -0.4 is 5.32 Å². The molecule has 0 aromatic rings. The second kappa shape index (κ2) is 7.64. The highest BCUT2D eigenvalue weighted by molar-refractivity contribution is 4.83. The zero-order valence-electron chi connectivity index (χ0n) is 13.2. The molecule has 0 aromatic heterocycles. The van der Waals surface area contributed by atoms with E-state index < -0.39 is 0 Å². The maximum Gasteiger partial charge on any atom is 0.0576 e. The lowest BCUT2D eigenvalue weighted by Gasteiger charge is -2.38. The van der Waals surface area contributed by atoms with Gasteiger partial charge in [0.25, 0.3) is 0 Å². The zero-order chi connectivity index (χ0) is 13.7. The molecular formula is C17H33NO. The Morgan fingerprint density at radius 3 is 2.58 bits per heavy atom. The molecule has 0 spiro atoms. The fourth-order valence-electron chi connectivity index (χ4n) is 4.12. The fourth-order valence-corrected chi connectivity index (χ4v) is 4.12. The van der Waals surface area contributed by atoms with Crippen LogP contribution in [0, 0.1) is 23.7 Å². The summed E-state index contributed by atoms with van der Waals surface area (Å²) in [6.07, 6.45) is 10.2. The topological polar surface area (TPSA) is 21.3 Å². The van der Waals surface area contributed by atoms with E-state index in [9.17, 15) is 0 Å². The van der Waals surface area contributed by atoms with E-state index in [1.165, 1.54) is 51.5 Å². The van der Waals surface area contributed by atoms with Crippen molar-refractivity contribution in [1.82, 2.24) is 5.32 Å². The normalized spacial score (nSPS) is 36.0. The minimum Gasteiger partial charge on any atom is -0.378 e. The van der Waals surface area contributed by atoms with Gasteiger partial charge in [-0.15, -0.1) is 0 Å².